The number of aromatic hydroxyl groups is 2. The number of hydrogen-bond acceptors (Lipinski definition) is 5. The van der Waals surface area contributed by atoms with Crippen LogP contribution in [-0.2, 0) is 4.79 Å². The first-order valence-corrected chi connectivity index (χ1v) is 3.16. The third-order valence-corrected chi connectivity index (χ3v) is 1.16. The van der Waals surface area contributed by atoms with Gasteiger partial charge in [-0.2, -0.15) is 0 Å². The van der Waals surface area contributed by atoms with E-state index >= 15 is 0 Å². The first kappa shape index (κ1) is 8.41. The van der Waals surface area contributed by atoms with Crippen LogP contribution in [0.2, 0.25) is 0 Å². The number of nitrogens with zero attached hydrogens (tertiary/aromatic N) is 1. The Bertz CT molecular complexity index is 274. The Morgan fingerprint density at radius 2 is 2.00 bits per heavy atom. The van der Waals surface area contributed by atoms with Crippen LogP contribution in [0.1, 0.15) is 0 Å². The molecule has 12 heavy (non-hydrogen) atoms. The highest BCUT2D eigenvalue weighted by Crippen LogP contribution is 2.18. The van der Waals surface area contributed by atoms with Gasteiger partial charge in [0.15, 0.2) is 0 Å². The van der Waals surface area contributed by atoms with Gasteiger partial charge < -0.3 is 20.8 Å². The summed E-state index contributed by atoms with van der Waals surface area (Å²) in [7, 11) is 0. The Kier molecular flexibility index (Phi) is 2.20. The van der Waals surface area contributed by atoms with Crippen LogP contribution in [0.4, 0.5) is 0 Å². The van der Waals surface area contributed by atoms with Crippen LogP contribution in [0.5, 0.6) is 11.8 Å². The standard InChI is InChI=1S/C6H8N2O4/c7-3-6(11)12-8-4(9)1-2-5(8)10/h1-2,9-10H,3,7H2. The van der Waals surface area contributed by atoms with E-state index in [9.17, 15) is 4.79 Å². The molecule has 0 bridgehead atoms. The summed E-state index contributed by atoms with van der Waals surface area (Å²) in [5, 5.41) is 17.9. The normalized spacial score (nSPS) is 9.75. The van der Waals surface area contributed by atoms with E-state index in [2.05, 4.69) is 4.84 Å². The van der Waals surface area contributed by atoms with Crippen molar-refractivity contribution in [3.63, 3.8) is 0 Å². The second-order valence-corrected chi connectivity index (χ2v) is 2.01. The van der Waals surface area contributed by atoms with E-state index < -0.39 is 5.97 Å². The van der Waals surface area contributed by atoms with Gasteiger partial charge in [-0.1, -0.05) is 0 Å². The molecule has 0 saturated carbocycles. The van der Waals surface area contributed by atoms with Gasteiger partial charge in [0.05, 0.1) is 6.54 Å². The van der Waals surface area contributed by atoms with Crippen LogP contribution in [0.15, 0.2) is 12.1 Å². The van der Waals surface area contributed by atoms with E-state index in [0.29, 0.717) is 4.73 Å². The monoisotopic (exact) mass is 172 g/mol. The van der Waals surface area contributed by atoms with Gasteiger partial charge in [-0.15, -0.1) is 4.73 Å². The van der Waals surface area contributed by atoms with Crippen LogP contribution < -0.4 is 10.6 Å². The highest BCUT2D eigenvalue weighted by molar-refractivity contribution is 5.71. The third kappa shape index (κ3) is 1.48. The van der Waals surface area contributed by atoms with Crippen molar-refractivity contribution in [1.29, 1.82) is 0 Å². The summed E-state index contributed by atoms with van der Waals surface area (Å²) in [6.45, 7) is -0.322. The zero-order chi connectivity index (χ0) is 9.14. The maximum atomic E-state index is 10.6. The molecule has 0 atom stereocenters. The first-order valence-electron chi connectivity index (χ1n) is 3.16. The van der Waals surface area contributed by atoms with Crippen LogP contribution in [0.3, 0.4) is 0 Å². The van der Waals surface area contributed by atoms with Crippen LogP contribution in [-0.4, -0.2) is 27.5 Å². The molecule has 1 aromatic heterocycles. The van der Waals surface area contributed by atoms with E-state index in [-0.39, 0.29) is 18.3 Å². The fourth-order valence-electron chi connectivity index (χ4n) is 0.634. The van der Waals surface area contributed by atoms with Gasteiger partial charge in [0, 0.05) is 12.1 Å². The second-order valence-electron chi connectivity index (χ2n) is 2.01. The third-order valence-electron chi connectivity index (χ3n) is 1.16. The SMILES string of the molecule is NCC(=O)On1c(O)ccc1O. The van der Waals surface area contributed by atoms with Gasteiger partial charge in [0.25, 0.3) is 0 Å². The summed E-state index contributed by atoms with van der Waals surface area (Å²) in [5.74, 6) is -1.49. The van der Waals surface area contributed by atoms with Crippen LogP contribution in [0.25, 0.3) is 0 Å². The molecule has 6 heteroatoms. The maximum absolute atomic E-state index is 10.6. The summed E-state index contributed by atoms with van der Waals surface area (Å²) in [5.41, 5.74) is 4.94. The fraction of sp³-hybridized carbons (Fsp3) is 0.167. The summed E-state index contributed by atoms with van der Waals surface area (Å²) < 4.78 is 0.579. The predicted octanol–water partition coefficient (Wildman–Crippen LogP) is -1.19. The van der Waals surface area contributed by atoms with Crippen molar-refractivity contribution in [2.75, 3.05) is 6.54 Å². The molecule has 0 amide bonds. The first-order chi connectivity index (χ1) is 5.65. The molecule has 0 unspecified atom stereocenters. The van der Waals surface area contributed by atoms with Crippen molar-refractivity contribution in [3.8, 4) is 11.8 Å². The molecule has 0 aliphatic heterocycles. The lowest BCUT2D eigenvalue weighted by atomic mass is 10.6. The molecule has 0 aliphatic carbocycles. The molecule has 6 nitrogen and oxygen atoms in total. The summed E-state index contributed by atoms with van der Waals surface area (Å²) in [4.78, 5) is 15.0. The molecule has 66 valence electrons. The topological polar surface area (TPSA) is 97.7 Å². The van der Waals surface area contributed by atoms with E-state index in [1.807, 2.05) is 0 Å². The summed E-state index contributed by atoms with van der Waals surface area (Å²) >= 11 is 0. The molecule has 1 heterocycles. The number of nitrogens with two attached hydrogens (primary N) is 1. The lowest BCUT2D eigenvalue weighted by Crippen LogP contribution is -2.26. The van der Waals surface area contributed by atoms with Crippen molar-refractivity contribution in [2.45, 2.75) is 0 Å². The zero-order valence-corrected chi connectivity index (χ0v) is 6.10. The minimum absolute atomic E-state index is 0.322. The number of carbonyl (C=O) groups is 1. The lowest BCUT2D eigenvalue weighted by molar-refractivity contribution is -0.143. The Morgan fingerprint density at radius 3 is 2.42 bits per heavy atom. The molecule has 4 N–H and O–H groups in total. The average molecular weight is 172 g/mol. The van der Waals surface area contributed by atoms with E-state index in [4.69, 9.17) is 15.9 Å². The highest BCUT2D eigenvalue weighted by Gasteiger charge is 2.09. The average Bonchev–Trinajstić information content (AvgIpc) is 2.35. The van der Waals surface area contributed by atoms with Gasteiger partial charge in [-0.05, 0) is 0 Å². The molecule has 0 fully saturated rings. The quantitative estimate of drug-likeness (QED) is 0.521. The van der Waals surface area contributed by atoms with E-state index in [0.717, 1.165) is 0 Å². The molecular formula is C6H8N2O4. The Balaban J connectivity index is 2.80. The van der Waals surface area contributed by atoms with Crippen molar-refractivity contribution in [2.24, 2.45) is 5.73 Å². The number of hydrogen-bond donors (Lipinski definition) is 3. The van der Waals surface area contributed by atoms with Crippen molar-refractivity contribution < 1.29 is 19.8 Å². The molecule has 0 radical (unpaired) electrons. The minimum Gasteiger partial charge on any atom is -0.492 e. The van der Waals surface area contributed by atoms with Crippen molar-refractivity contribution >= 4 is 5.97 Å². The maximum Gasteiger partial charge on any atom is 0.346 e. The Labute approximate surface area is 67.7 Å². The van der Waals surface area contributed by atoms with Gasteiger partial charge in [0.1, 0.15) is 0 Å². The molecule has 1 aromatic rings. The van der Waals surface area contributed by atoms with Crippen LogP contribution >= 0.6 is 0 Å². The van der Waals surface area contributed by atoms with Gasteiger partial charge >= 0.3 is 5.97 Å². The van der Waals surface area contributed by atoms with E-state index in [1.54, 1.807) is 0 Å². The summed E-state index contributed by atoms with van der Waals surface area (Å²) in [6, 6.07) is 2.36. The molecule has 0 aliphatic rings. The highest BCUT2D eigenvalue weighted by atomic mass is 16.7. The molecule has 1 rings (SSSR count). The lowest BCUT2D eigenvalue weighted by Gasteiger charge is -2.04. The Morgan fingerprint density at radius 1 is 1.50 bits per heavy atom. The summed E-state index contributed by atoms with van der Waals surface area (Å²) in [6.07, 6.45) is 0. The largest absolute Gasteiger partial charge is 0.492 e. The molecule has 0 aromatic carbocycles. The Hall–Kier alpha value is -1.69. The molecule has 0 saturated heterocycles. The molecular weight excluding hydrogens is 164 g/mol. The van der Waals surface area contributed by atoms with E-state index in [1.165, 1.54) is 12.1 Å². The number of carbonyl (C=O) groups excluding carboxylic acids is 1. The van der Waals surface area contributed by atoms with Gasteiger partial charge in [0.2, 0.25) is 11.8 Å². The van der Waals surface area contributed by atoms with Crippen LogP contribution in [0, 0.1) is 0 Å². The van der Waals surface area contributed by atoms with Crippen molar-refractivity contribution in [1.82, 2.24) is 4.73 Å². The van der Waals surface area contributed by atoms with Gasteiger partial charge in [-0.3, -0.25) is 0 Å². The number of aromatic nitrogens is 1. The smallest absolute Gasteiger partial charge is 0.346 e. The van der Waals surface area contributed by atoms with Gasteiger partial charge in [-0.25, -0.2) is 4.79 Å². The zero-order valence-electron chi connectivity index (χ0n) is 6.10. The fourth-order valence-corrected chi connectivity index (χ4v) is 0.634. The second kappa shape index (κ2) is 3.14. The molecule has 0 spiro atoms. The minimum atomic E-state index is -0.753. The number of rotatable bonds is 2. The van der Waals surface area contributed by atoms with Crippen molar-refractivity contribution in [3.05, 3.63) is 12.1 Å². The predicted molar refractivity (Wildman–Crippen MR) is 38.4 cm³/mol.